The molecule has 1 aliphatic rings. The number of anilines is 1. The zero-order valence-corrected chi connectivity index (χ0v) is 20.4. The van der Waals surface area contributed by atoms with Crippen LogP contribution in [0.1, 0.15) is 12.5 Å². The van der Waals surface area contributed by atoms with Crippen LogP contribution in [0.3, 0.4) is 0 Å². The Labute approximate surface area is 204 Å². The van der Waals surface area contributed by atoms with Gasteiger partial charge in [-0.05, 0) is 61.8 Å². The molecule has 0 spiro atoms. The Morgan fingerprint density at radius 1 is 0.879 bits per heavy atom. The number of para-hydroxylation sites is 1. The van der Waals surface area contributed by atoms with E-state index in [0.29, 0.717) is 4.71 Å². The number of aryl methyl sites for hydroxylation is 1. The van der Waals surface area contributed by atoms with E-state index in [1.165, 1.54) is 5.69 Å². The van der Waals surface area contributed by atoms with Gasteiger partial charge in [-0.15, -0.1) is 0 Å². The molecule has 0 radical (unpaired) electrons. The maximum absolute atomic E-state index is 6.34. The molecule has 1 atom stereocenters. The topological polar surface area (TPSA) is 28.9 Å². The summed E-state index contributed by atoms with van der Waals surface area (Å²) in [5.74, 6) is 0.772. The van der Waals surface area contributed by atoms with Crippen molar-refractivity contribution in [1.29, 1.82) is 0 Å². The average Bonchev–Trinajstić information content (AvgIpc) is 2.86. The first-order chi connectivity index (χ1) is 16.0. The van der Waals surface area contributed by atoms with Crippen LogP contribution < -0.4 is 9.64 Å². The fourth-order valence-corrected chi connectivity index (χ4v) is 5.00. The van der Waals surface area contributed by atoms with Gasteiger partial charge in [-0.2, -0.15) is 0 Å². The number of hydrogen-bond donors (Lipinski definition) is 0. The van der Waals surface area contributed by atoms with Gasteiger partial charge in [0.05, 0.1) is 0 Å². The van der Waals surface area contributed by atoms with Gasteiger partial charge in [-0.25, -0.2) is 0 Å². The van der Waals surface area contributed by atoms with E-state index in [0.717, 1.165) is 64.2 Å². The normalized spacial score (nSPS) is 15.1. The molecular weight excluding hydrogens is 448 g/mol. The molecule has 0 unspecified atom stereocenters. The second-order valence-electron chi connectivity index (χ2n) is 8.41. The summed E-state index contributed by atoms with van der Waals surface area (Å²) < 4.78 is 12.9. The third-order valence-electron chi connectivity index (χ3n) is 6.35. The van der Waals surface area contributed by atoms with Crippen molar-refractivity contribution in [2.45, 2.75) is 20.0 Å². The van der Waals surface area contributed by atoms with Gasteiger partial charge in [0, 0.05) is 48.2 Å². The summed E-state index contributed by atoms with van der Waals surface area (Å²) in [7, 11) is 0. The zero-order chi connectivity index (χ0) is 22.9. The zero-order valence-electron chi connectivity index (χ0n) is 18.8. The molecule has 2 heterocycles. The van der Waals surface area contributed by atoms with Crippen molar-refractivity contribution >= 4 is 56.9 Å². The van der Waals surface area contributed by atoms with Crippen molar-refractivity contribution < 1.29 is 9.15 Å². The Morgan fingerprint density at radius 2 is 1.55 bits per heavy atom. The van der Waals surface area contributed by atoms with Crippen LogP contribution in [0, 0.1) is 11.6 Å². The van der Waals surface area contributed by atoms with E-state index in [9.17, 15) is 0 Å². The summed E-state index contributed by atoms with van der Waals surface area (Å²) >= 11 is 11.3. The van der Waals surface area contributed by atoms with E-state index in [1.807, 2.05) is 50.2 Å². The molecule has 0 aliphatic carbocycles. The number of piperazine rings is 1. The van der Waals surface area contributed by atoms with Gasteiger partial charge in [-0.1, -0.05) is 48.6 Å². The molecule has 0 bridgehead atoms. The maximum Gasteiger partial charge on any atom is 0.198 e. The Morgan fingerprint density at radius 3 is 2.27 bits per heavy atom. The van der Waals surface area contributed by atoms with Crippen LogP contribution in [-0.2, 0) is 0 Å². The second-order valence-corrected chi connectivity index (χ2v) is 9.20. The van der Waals surface area contributed by atoms with Gasteiger partial charge in [0.15, 0.2) is 4.71 Å². The van der Waals surface area contributed by atoms with Crippen LogP contribution in [-0.4, -0.2) is 42.2 Å². The van der Waals surface area contributed by atoms with Crippen molar-refractivity contribution in [3.8, 4) is 5.75 Å². The molecule has 5 rings (SSSR count). The summed E-state index contributed by atoms with van der Waals surface area (Å²) in [6, 6.07) is 22.7. The first-order valence-corrected chi connectivity index (χ1v) is 12.0. The minimum atomic E-state index is -0.220. The van der Waals surface area contributed by atoms with E-state index in [4.69, 9.17) is 33.6 Å². The molecule has 6 heteroatoms. The van der Waals surface area contributed by atoms with E-state index < -0.39 is 0 Å². The van der Waals surface area contributed by atoms with Crippen LogP contribution in [0.2, 0.25) is 0 Å². The molecule has 1 fully saturated rings. The summed E-state index contributed by atoms with van der Waals surface area (Å²) in [6.07, 6.45) is -0.220. The van der Waals surface area contributed by atoms with Crippen molar-refractivity contribution in [2.75, 3.05) is 31.1 Å². The molecular formula is C27H26N2O2S2. The summed E-state index contributed by atoms with van der Waals surface area (Å²) in [4.78, 5) is 5.49. The number of fused-ring (bicyclic) bond motifs is 3. The molecule has 1 saturated heterocycles. The van der Waals surface area contributed by atoms with Crippen LogP contribution in [0.4, 0.5) is 5.69 Å². The van der Waals surface area contributed by atoms with Gasteiger partial charge in [0.25, 0.3) is 0 Å². The third kappa shape index (κ3) is 4.21. The molecule has 168 valence electrons. The van der Waals surface area contributed by atoms with Crippen LogP contribution in [0.5, 0.6) is 5.75 Å². The van der Waals surface area contributed by atoms with Crippen LogP contribution >= 0.6 is 24.4 Å². The highest BCUT2D eigenvalue weighted by molar-refractivity contribution is 7.80. The summed E-state index contributed by atoms with van der Waals surface area (Å²) in [5.41, 5.74) is 2.97. The second kappa shape index (κ2) is 9.12. The summed E-state index contributed by atoms with van der Waals surface area (Å²) in [6.45, 7) is 7.70. The molecule has 4 nitrogen and oxygen atoms in total. The maximum atomic E-state index is 6.34. The van der Waals surface area contributed by atoms with E-state index >= 15 is 0 Å². The summed E-state index contributed by atoms with van der Waals surface area (Å²) in [5, 5.41) is 3.09. The van der Waals surface area contributed by atoms with Gasteiger partial charge >= 0.3 is 0 Å². The largest absolute Gasteiger partial charge is 0.483 e. The number of nitrogens with zero attached hydrogens (tertiary/aromatic N) is 2. The van der Waals surface area contributed by atoms with Crippen molar-refractivity contribution in [2.24, 2.45) is 0 Å². The number of thiocarbonyl (C=S) groups is 1. The van der Waals surface area contributed by atoms with Crippen LogP contribution in [0.25, 0.3) is 21.7 Å². The third-order valence-corrected chi connectivity index (χ3v) is 7.25. The Bertz CT molecular complexity index is 1380. The van der Waals surface area contributed by atoms with E-state index in [-0.39, 0.29) is 6.10 Å². The Hall–Kier alpha value is -2.96. The SMILES string of the molecule is Cc1c(O[C@H](C)C(=S)N2CCN(c3ccccc3)CC2)ccc2c1oc(=S)c1ccccc12. The smallest absolute Gasteiger partial charge is 0.198 e. The molecule has 1 aliphatic heterocycles. The van der Waals surface area contributed by atoms with Gasteiger partial charge in [0.1, 0.15) is 22.4 Å². The minimum Gasteiger partial charge on any atom is -0.483 e. The molecule has 0 N–H and O–H groups in total. The lowest BCUT2D eigenvalue weighted by Gasteiger charge is -2.38. The molecule has 1 aromatic heterocycles. The van der Waals surface area contributed by atoms with Crippen LogP contribution in [0.15, 0.2) is 71.1 Å². The monoisotopic (exact) mass is 474 g/mol. The van der Waals surface area contributed by atoms with Gasteiger partial charge in [0.2, 0.25) is 0 Å². The predicted molar refractivity (Wildman–Crippen MR) is 142 cm³/mol. The van der Waals surface area contributed by atoms with Gasteiger partial charge in [-0.3, -0.25) is 0 Å². The molecule has 0 amide bonds. The molecule has 3 aromatic carbocycles. The minimum absolute atomic E-state index is 0.220. The standard InChI is InChI=1S/C27H26N2O2S2/c1-18-24(13-12-22-21-10-6-7-11-23(21)27(33)31-25(18)22)30-19(2)26(32)29-16-14-28(15-17-29)20-8-4-3-5-9-20/h3-13,19H,14-17H2,1-2H3/t19-/m1/s1. The number of benzene rings is 3. The highest BCUT2D eigenvalue weighted by atomic mass is 32.1. The lowest BCUT2D eigenvalue weighted by molar-refractivity contribution is 0.259. The quantitative estimate of drug-likeness (QED) is 0.246. The number of ether oxygens (including phenoxy) is 1. The first kappa shape index (κ1) is 21.9. The average molecular weight is 475 g/mol. The lowest BCUT2D eigenvalue weighted by atomic mass is 10.0. The van der Waals surface area contributed by atoms with E-state index in [1.54, 1.807) is 0 Å². The highest BCUT2D eigenvalue weighted by Gasteiger charge is 2.24. The van der Waals surface area contributed by atoms with Crippen molar-refractivity contribution in [3.05, 3.63) is 77.0 Å². The van der Waals surface area contributed by atoms with Gasteiger partial charge < -0.3 is 19.0 Å². The van der Waals surface area contributed by atoms with Crippen molar-refractivity contribution in [3.63, 3.8) is 0 Å². The first-order valence-electron chi connectivity index (χ1n) is 11.2. The fraction of sp³-hybridized carbons (Fsp3) is 0.259. The number of hydrogen-bond acceptors (Lipinski definition) is 5. The number of rotatable bonds is 4. The molecule has 33 heavy (non-hydrogen) atoms. The lowest BCUT2D eigenvalue weighted by Crippen LogP contribution is -2.51. The van der Waals surface area contributed by atoms with Crippen molar-refractivity contribution in [1.82, 2.24) is 4.90 Å². The highest BCUT2D eigenvalue weighted by Crippen LogP contribution is 2.33. The predicted octanol–water partition coefficient (Wildman–Crippen LogP) is 6.54. The fourth-order valence-electron chi connectivity index (χ4n) is 4.51. The molecule has 0 saturated carbocycles. The van der Waals surface area contributed by atoms with E-state index in [2.05, 4.69) is 40.1 Å². The Kier molecular flexibility index (Phi) is 6.04. The molecule has 4 aromatic rings. The Balaban J connectivity index is 1.32.